The maximum absolute atomic E-state index is 12.7. The monoisotopic (exact) mass is 344 g/mol. The third-order valence-electron chi connectivity index (χ3n) is 4.92. The van der Waals surface area contributed by atoms with E-state index in [9.17, 15) is 9.90 Å². The summed E-state index contributed by atoms with van der Waals surface area (Å²) in [4.78, 5) is 18.4. The molecule has 25 heavy (non-hydrogen) atoms. The first-order valence-corrected chi connectivity index (χ1v) is 8.51. The van der Waals surface area contributed by atoms with E-state index < -0.39 is 5.60 Å². The Morgan fingerprint density at radius 3 is 2.80 bits per heavy atom. The molecule has 1 aliphatic rings. The molecule has 2 aromatic rings. The maximum atomic E-state index is 12.7. The summed E-state index contributed by atoms with van der Waals surface area (Å²) in [6, 6.07) is 7.14. The fraction of sp³-hybridized carbons (Fsp3) is 0.500. The second-order valence-corrected chi connectivity index (χ2v) is 6.53. The molecule has 134 valence electrons. The molecular formula is C18H24N4O3. The van der Waals surface area contributed by atoms with E-state index in [1.165, 1.54) is 6.33 Å². The van der Waals surface area contributed by atoms with Gasteiger partial charge in [-0.25, -0.2) is 4.98 Å². The van der Waals surface area contributed by atoms with Crippen molar-refractivity contribution in [2.75, 3.05) is 13.7 Å². The van der Waals surface area contributed by atoms with Crippen molar-refractivity contribution in [2.45, 2.75) is 44.4 Å². The molecular weight excluding hydrogens is 320 g/mol. The number of likely N-dealkylation sites (tertiary alicyclic amines) is 1. The normalized spacial score (nSPS) is 19.6. The van der Waals surface area contributed by atoms with Crippen molar-refractivity contribution < 1.29 is 14.6 Å². The third-order valence-corrected chi connectivity index (χ3v) is 4.92. The number of aromatic nitrogens is 3. The molecule has 1 saturated heterocycles. The van der Waals surface area contributed by atoms with Gasteiger partial charge in [-0.1, -0.05) is 12.1 Å². The Kier molecular flexibility index (Phi) is 5.03. The van der Waals surface area contributed by atoms with Gasteiger partial charge < -0.3 is 14.7 Å². The van der Waals surface area contributed by atoms with Crippen LogP contribution in [0.1, 0.15) is 31.7 Å². The number of methoxy groups -OCH3 is 1. The smallest absolute Gasteiger partial charge is 0.224 e. The van der Waals surface area contributed by atoms with E-state index in [1.807, 2.05) is 24.3 Å². The summed E-state index contributed by atoms with van der Waals surface area (Å²) >= 11 is 0. The van der Waals surface area contributed by atoms with Gasteiger partial charge >= 0.3 is 0 Å². The molecule has 3 rings (SSSR count). The van der Waals surface area contributed by atoms with E-state index in [1.54, 1.807) is 29.9 Å². The molecule has 0 aliphatic carbocycles. The van der Waals surface area contributed by atoms with Crippen LogP contribution in [-0.2, 0) is 16.9 Å². The highest BCUT2D eigenvalue weighted by Crippen LogP contribution is 2.35. The van der Waals surface area contributed by atoms with Crippen LogP contribution in [0.2, 0.25) is 0 Å². The first-order valence-electron chi connectivity index (χ1n) is 8.51. The molecule has 0 unspecified atom stereocenters. The number of aliphatic hydroxyl groups is 1. The molecule has 1 aromatic heterocycles. The van der Waals surface area contributed by atoms with Gasteiger partial charge in [0.15, 0.2) is 0 Å². The molecule has 0 radical (unpaired) electrons. The van der Waals surface area contributed by atoms with Crippen LogP contribution in [-0.4, -0.2) is 50.4 Å². The lowest BCUT2D eigenvalue weighted by Gasteiger charge is -2.37. The molecule has 1 aromatic carbocycles. The fourth-order valence-corrected chi connectivity index (χ4v) is 3.47. The van der Waals surface area contributed by atoms with Crippen molar-refractivity contribution in [1.82, 2.24) is 19.7 Å². The zero-order valence-electron chi connectivity index (χ0n) is 14.6. The molecule has 1 aliphatic heterocycles. The minimum Gasteiger partial charge on any atom is -0.497 e. The summed E-state index contributed by atoms with van der Waals surface area (Å²) in [7, 11) is 1.61. The number of aryl methyl sites for hydroxylation is 1. The van der Waals surface area contributed by atoms with E-state index in [0.717, 1.165) is 24.2 Å². The van der Waals surface area contributed by atoms with Crippen LogP contribution in [0.3, 0.4) is 0 Å². The van der Waals surface area contributed by atoms with Crippen molar-refractivity contribution in [3.63, 3.8) is 0 Å². The highest BCUT2D eigenvalue weighted by molar-refractivity contribution is 5.77. The van der Waals surface area contributed by atoms with Crippen LogP contribution in [0.15, 0.2) is 36.9 Å². The number of ether oxygens (including phenoxy) is 1. The number of hydrogen-bond donors (Lipinski definition) is 1. The Balaban J connectivity index is 1.71. The van der Waals surface area contributed by atoms with Crippen LogP contribution in [0.4, 0.5) is 0 Å². The van der Waals surface area contributed by atoms with Crippen molar-refractivity contribution in [1.29, 1.82) is 0 Å². The van der Waals surface area contributed by atoms with Gasteiger partial charge in [0.25, 0.3) is 0 Å². The van der Waals surface area contributed by atoms with E-state index in [4.69, 9.17) is 4.74 Å². The molecule has 1 fully saturated rings. The van der Waals surface area contributed by atoms with Crippen LogP contribution in [0, 0.1) is 0 Å². The highest BCUT2D eigenvalue weighted by Gasteiger charge is 2.42. The average molecular weight is 344 g/mol. The van der Waals surface area contributed by atoms with Gasteiger partial charge in [-0.15, -0.1) is 0 Å². The largest absolute Gasteiger partial charge is 0.497 e. The third kappa shape index (κ3) is 3.66. The molecule has 0 bridgehead atoms. The summed E-state index contributed by atoms with van der Waals surface area (Å²) in [6.07, 6.45) is 5.08. The quantitative estimate of drug-likeness (QED) is 0.860. The Hall–Kier alpha value is -2.41. The van der Waals surface area contributed by atoms with Gasteiger partial charge in [-0.3, -0.25) is 9.48 Å². The summed E-state index contributed by atoms with van der Waals surface area (Å²) in [5.74, 6) is 0.776. The van der Waals surface area contributed by atoms with Gasteiger partial charge in [-0.2, -0.15) is 5.10 Å². The Morgan fingerprint density at radius 1 is 1.40 bits per heavy atom. The predicted molar refractivity (Wildman–Crippen MR) is 91.9 cm³/mol. The summed E-state index contributed by atoms with van der Waals surface area (Å²) < 4.78 is 6.82. The SMILES string of the molecule is COc1ccc([C@](C)(O)[C@@H]2CCCN2C(=O)CCn2cncn2)cc1. The Labute approximate surface area is 147 Å². The number of carbonyl (C=O) groups excluding carboxylic acids is 1. The second-order valence-electron chi connectivity index (χ2n) is 6.53. The fourth-order valence-electron chi connectivity index (χ4n) is 3.47. The number of nitrogens with zero attached hydrogens (tertiary/aromatic N) is 4. The minimum absolute atomic E-state index is 0.0341. The topological polar surface area (TPSA) is 80.5 Å². The van der Waals surface area contributed by atoms with Gasteiger partial charge in [0.1, 0.15) is 24.0 Å². The van der Waals surface area contributed by atoms with Gasteiger partial charge in [-0.05, 0) is 37.5 Å². The molecule has 7 nitrogen and oxygen atoms in total. The number of amides is 1. The highest BCUT2D eigenvalue weighted by atomic mass is 16.5. The van der Waals surface area contributed by atoms with Gasteiger partial charge in [0.05, 0.1) is 19.7 Å². The number of rotatable bonds is 6. The maximum Gasteiger partial charge on any atom is 0.224 e. The molecule has 2 heterocycles. The van der Waals surface area contributed by atoms with Crippen molar-refractivity contribution in [2.24, 2.45) is 0 Å². The molecule has 0 saturated carbocycles. The standard InChI is InChI=1S/C18H24N4O3/c1-18(24,14-5-7-15(25-2)8-6-14)16-4-3-10-22(16)17(23)9-11-21-13-19-12-20-21/h5-8,12-13,16,24H,3-4,9-11H2,1-2H3/t16-,18-/m0/s1. The lowest BCUT2D eigenvalue weighted by molar-refractivity contribution is -0.138. The van der Waals surface area contributed by atoms with Gasteiger partial charge in [0, 0.05) is 13.0 Å². The Bertz CT molecular complexity index is 698. The Morgan fingerprint density at radius 2 is 2.16 bits per heavy atom. The number of benzene rings is 1. The number of hydrogen-bond acceptors (Lipinski definition) is 5. The minimum atomic E-state index is -1.11. The van der Waals surface area contributed by atoms with Crippen LogP contribution in [0.5, 0.6) is 5.75 Å². The first-order chi connectivity index (χ1) is 12.0. The predicted octanol–water partition coefficient (Wildman–Crippen LogP) is 1.58. The lowest BCUT2D eigenvalue weighted by Crippen LogP contribution is -2.48. The first kappa shape index (κ1) is 17.4. The van der Waals surface area contributed by atoms with E-state index in [-0.39, 0.29) is 11.9 Å². The zero-order chi connectivity index (χ0) is 17.9. The number of carbonyl (C=O) groups is 1. The lowest BCUT2D eigenvalue weighted by atomic mass is 9.86. The van der Waals surface area contributed by atoms with Crippen LogP contribution < -0.4 is 4.74 Å². The van der Waals surface area contributed by atoms with Crippen LogP contribution in [0.25, 0.3) is 0 Å². The molecule has 1 amide bonds. The zero-order valence-corrected chi connectivity index (χ0v) is 14.6. The molecule has 2 atom stereocenters. The summed E-state index contributed by atoms with van der Waals surface area (Å²) in [5, 5.41) is 15.2. The van der Waals surface area contributed by atoms with E-state index in [0.29, 0.717) is 19.5 Å². The van der Waals surface area contributed by atoms with Crippen molar-refractivity contribution >= 4 is 5.91 Å². The van der Waals surface area contributed by atoms with E-state index in [2.05, 4.69) is 10.1 Å². The molecule has 0 spiro atoms. The summed E-state index contributed by atoms with van der Waals surface area (Å²) in [5.41, 5.74) is -0.319. The molecule has 1 N–H and O–H groups in total. The second kappa shape index (κ2) is 7.23. The van der Waals surface area contributed by atoms with Gasteiger partial charge in [0.2, 0.25) is 5.91 Å². The van der Waals surface area contributed by atoms with Crippen LogP contribution >= 0.6 is 0 Å². The average Bonchev–Trinajstić information content (AvgIpc) is 3.31. The molecule has 7 heteroatoms. The summed E-state index contributed by atoms with van der Waals surface area (Å²) in [6.45, 7) is 2.95. The van der Waals surface area contributed by atoms with Crippen molar-refractivity contribution in [3.8, 4) is 5.75 Å². The van der Waals surface area contributed by atoms with Crippen molar-refractivity contribution in [3.05, 3.63) is 42.5 Å². The van der Waals surface area contributed by atoms with E-state index >= 15 is 0 Å².